The summed E-state index contributed by atoms with van der Waals surface area (Å²) in [7, 11) is 1.29. The fourth-order valence-corrected chi connectivity index (χ4v) is 3.27. The molecule has 0 fully saturated rings. The molecule has 25 heavy (non-hydrogen) atoms. The molecule has 2 aromatic carbocycles. The van der Waals surface area contributed by atoms with Crippen LogP contribution in [-0.4, -0.2) is 19.1 Å². The van der Waals surface area contributed by atoms with Crippen molar-refractivity contribution in [1.82, 2.24) is 5.32 Å². The van der Waals surface area contributed by atoms with Crippen molar-refractivity contribution < 1.29 is 18.7 Å². The van der Waals surface area contributed by atoms with E-state index >= 15 is 0 Å². The minimum absolute atomic E-state index is 0.252. The molecule has 3 aromatic rings. The van der Waals surface area contributed by atoms with Gasteiger partial charge in [0.2, 0.25) is 0 Å². The molecule has 0 aliphatic carbocycles. The number of ether oxygens (including phenoxy) is 1. The van der Waals surface area contributed by atoms with E-state index in [2.05, 4.69) is 15.4 Å². The number of benzene rings is 2. The molecule has 0 radical (unpaired) electrons. The fraction of sp³-hybridized carbons (Fsp3) is 0.111. The molecule has 7 heteroatoms. The first-order valence-corrected chi connectivity index (χ1v) is 8.28. The summed E-state index contributed by atoms with van der Waals surface area (Å²) < 4.78 is 19.0. The van der Waals surface area contributed by atoms with Gasteiger partial charge in [-0.1, -0.05) is 18.2 Å². The standard InChI is InChI=1S/C18H15FN2O3S/c1-24-18(23)21-12-7-5-11(6-8-12)10-20-17(22)16-9-13-14(19)3-2-4-15(13)25-16/h2-9H,10H2,1H3,(H,20,22)(H,21,23). The summed E-state index contributed by atoms with van der Waals surface area (Å²) in [6.07, 6.45) is -0.543. The molecule has 0 saturated heterocycles. The summed E-state index contributed by atoms with van der Waals surface area (Å²) in [5.74, 6) is -0.584. The van der Waals surface area contributed by atoms with Crippen LogP contribution in [0.25, 0.3) is 10.1 Å². The summed E-state index contributed by atoms with van der Waals surface area (Å²) in [6.45, 7) is 0.327. The molecule has 1 heterocycles. The van der Waals surface area contributed by atoms with E-state index in [9.17, 15) is 14.0 Å². The van der Waals surface area contributed by atoms with Crippen LogP contribution in [0, 0.1) is 5.82 Å². The minimum atomic E-state index is -0.543. The highest BCUT2D eigenvalue weighted by Gasteiger charge is 2.12. The highest BCUT2D eigenvalue weighted by molar-refractivity contribution is 7.20. The van der Waals surface area contributed by atoms with E-state index in [0.29, 0.717) is 22.5 Å². The molecule has 0 aliphatic heterocycles. The van der Waals surface area contributed by atoms with Gasteiger partial charge in [0.05, 0.1) is 12.0 Å². The lowest BCUT2D eigenvalue weighted by Crippen LogP contribution is -2.21. The van der Waals surface area contributed by atoms with Crippen LogP contribution in [0.15, 0.2) is 48.5 Å². The lowest BCUT2D eigenvalue weighted by molar-refractivity contribution is 0.0955. The topological polar surface area (TPSA) is 67.4 Å². The number of carbonyl (C=O) groups excluding carboxylic acids is 2. The van der Waals surface area contributed by atoms with Gasteiger partial charge in [-0.05, 0) is 35.9 Å². The zero-order valence-electron chi connectivity index (χ0n) is 13.3. The molecule has 128 valence electrons. The van der Waals surface area contributed by atoms with Crippen LogP contribution < -0.4 is 10.6 Å². The first-order chi connectivity index (χ1) is 12.1. The van der Waals surface area contributed by atoms with Crippen molar-refractivity contribution in [3.8, 4) is 0 Å². The number of carbonyl (C=O) groups is 2. The van der Waals surface area contributed by atoms with Crippen molar-refractivity contribution in [2.45, 2.75) is 6.54 Å². The van der Waals surface area contributed by atoms with Crippen LogP contribution in [-0.2, 0) is 11.3 Å². The monoisotopic (exact) mass is 358 g/mol. The van der Waals surface area contributed by atoms with Crippen LogP contribution in [0.2, 0.25) is 0 Å². The molecule has 5 nitrogen and oxygen atoms in total. The zero-order valence-corrected chi connectivity index (χ0v) is 14.2. The Labute approximate surface area is 147 Å². The average molecular weight is 358 g/mol. The predicted octanol–water partition coefficient (Wildman–Crippen LogP) is 4.15. The molecule has 2 amide bonds. The molecule has 0 spiro atoms. The Bertz CT molecular complexity index is 922. The summed E-state index contributed by atoms with van der Waals surface area (Å²) >= 11 is 1.25. The van der Waals surface area contributed by atoms with Crippen LogP contribution in [0.4, 0.5) is 14.9 Å². The number of amides is 2. The van der Waals surface area contributed by atoms with E-state index in [1.54, 1.807) is 42.5 Å². The van der Waals surface area contributed by atoms with E-state index < -0.39 is 6.09 Å². The number of thiophene rings is 1. The second-order valence-electron chi connectivity index (χ2n) is 5.26. The van der Waals surface area contributed by atoms with Crippen LogP contribution in [0.3, 0.4) is 0 Å². The van der Waals surface area contributed by atoms with Gasteiger partial charge in [0.25, 0.3) is 5.91 Å². The van der Waals surface area contributed by atoms with Crippen molar-refractivity contribution in [3.05, 3.63) is 64.8 Å². The lowest BCUT2D eigenvalue weighted by atomic mass is 10.2. The Kier molecular flexibility index (Phi) is 4.95. The highest BCUT2D eigenvalue weighted by atomic mass is 32.1. The largest absolute Gasteiger partial charge is 0.453 e. The zero-order chi connectivity index (χ0) is 17.8. The van der Waals surface area contributed by atoms with Gasteiger partial charge < -0.3 is 10.1 Å². The quantitative estimate of drug-likeness (QED) is 0.736. The van der Waals surface area contributed by atoms with E-state index in [4.69, 9.17) is 0 Å². The number of anilines is 1. The molecule has 0 atom stereocenters. The Morgan fingerprint density at radius 3 is 2.60 bits per heavy atom. The van der Waals surface area contributed by atoms with Gasteiger partial charge >= 0.3 is 6.09 Å². The van der Waals surface area contributed by atoms with Crippen molar-refractivity contribution in [1.29, 1.82) is 0 Å². The molecule has 3 rings (SSSR count). The Hall–Kier alpha value is -2.93. The van der Waals surface area contributed by atoms with Crippen LogP contribution in [0.5, 0.6) is 0 Å². The van der Waals surface area contributed by atoms with Gasteiger partial charge in [-0.3, -0.25) is 10.1 Å². The SMILES string of the molecule is COC(=O)Nc1ccc(CNC(=O)c2cc3c(F)cccc3s2)cc1. The van der Waals surface area contributed by atoms with Crippen molar-refractivity contribution >= 4 is 39.1 Å². The van der Waals surface area contributed by atoms with E-state index in [1.807, 2.05) is 0 Å². The first kappa shape index (κ1) is 16.9. The molecule has 0 saturated carbocycles. The third kappa shape index (κ3) is 3.95. The van der Waals surface area contributed by atoms with E-state index in [1.165, 1.54) is 24.5 Å². The van der Waals surface area contributed by atoms with Crippen LogP contribution in [0.1, 0.15) is 15.2 Å². The lowest BCUT2D eigenvalue weighted by Gasteiger charge is -2.06. The van der Waals surface area contributed by atoms with Crippen molar-refractivity contribution in [3.63, 3.8) is 0 Å². The Morgan fingerprint density at radius 1 is 1.16 bits per heavy atom. The second-order valence-corrected chi connectivity index (χ2v) is 6.34. The maximum Gasteiger partial charge on any atom is 0.411 e. The summed E-state index contributed by atoms with van der Waals surface area (Å²) in [6, 6.07) is 13.4. The number of hydrogen-bond donors (Lipinski definition) is 2. The summed E-state index contributed by atoms with van der Waals surface area (Å²) in [5.41, 5.74) is 1.47. The number of fused-ring (bicyclic) bond motifs is 1. The number of halogens is 1. The van der Waals surface area contributed by atoms with Crippen LogP contribution >= 0.6 is 11.3 Å². The third-order valence-corrected chi connectivity index (χ3v) is 4.67. The normalized spacial score (nSPS) is 10.5. The Balaban J connectivity index is 1.63. The number of methoxy groups -OCH3 is 1. The molecule has 0 bridgehead atoms. The van der Waals surface area contributed by atoms with Crippen molar-refractivity contribution in [2.24, 2.45) is 0 Å². The summed E-state index contributed by atoms with van der Waals surface area (Å²) in [5, 5.41) is 5.81. The van der Waals surface area contributed by atoms with Gasteiger partial charge in [0, 0.05) is 22.3 Å². The molecule has 2 N–H and O–H groups in total. The minimum Gasteiger partial charge on any atom is -0.453 e. The van der Waals surface area contributed by atoms with Gasteiger partial charge in [-0.15, -0.1) is 11.3 Å². The molecular weight excluding hydrogens is 343 g/mol. The third-order valence-electron chi connectivity index (χ3n) is 3.57. The fourth-order valence-electron chi connectivity index (χ4n) is 2.28. The second kappa shape index (κ2) is 7.31. The predicted molar refractivity (Wildman–Crippen MR) is 95.4 cm³/mol. The number of rotatable bonds is 4. The molecule has 0 unspecified atom stereocenters. The average Bonchev–Trinajstić information content (AvgIpc) is 3.06. The maximum atomic E-state index is 13.7. The molecule has 0 aliphatic rings. The number of hydrogen-bond acceptors (Lipinski definition) is 4. The van der Waals surface area contributed by atoms with Gasteiger partial charge in [0.15, 0.2) is 0 Å². The van der Waals surface area contributed by atoms with Gasteiger partial charge in [0.1, 0.15) is 5.82 Å². The van der Waals surface area contributed by atoms with Gasteiger partial charge in [-0.2, -0.15) is 0 Å². The van der Waals surface area contributed by atoms with E-state index in [-0.39, 0.29) is 11.7 Å². The van der Waals surface area contributed by atoms with E-state index in [0.717, 1.165) is 10.3 Å². The summed E-state index contributed by atoms with van der Waals surface area (Å²) in [4.78, 5) is 23.8. The molecular formula is C18H15FN2O3S. The smallest absolute Gasteiger partial charge is 0.411 e. The maximum absolute atomic E-state index is 13.7. The van der Waals surface area contributed by atoms with Gasteiger partial charge in [-0.25, -0.2) is 9.18 Å². The first-order valence-electron chi connectivity index (χ1n) is 7.47. The highest BCUT2D eigenvalue weighted by Crippen LogP contribution is 2.27. The Morgan fingerprint density at radius 2 is 1.92 bits per heavy atom. The molecule has 1 aromatic heterocycles. The number of nitrogens with one attached hydrogen (secondary N) is 2. The van der Waals surface area contributed by atoms with Crippen molar-refractivity contribution in [2.75, 3.05) is 12.4 Å².